The highest BCUT2D eigenvalue weighted by Gasteiger charge is 2.06. The number of thiophene rings is 1. The lowest BCUT2D eigenvalue weighted by Crippen LogP contribution is -1.96. The Bertz CT molecular complexity index is 663. The number of ether oxygens (including phenoxy) is 2. The number of carboxylic acids is 1. The minimum Gasteiger partial charge on any atom is -0.497 e. The van der Waals surface area contributed by atoms with E-state index in [1.165, 1.54) is 6.08 Å². The summed E-state index contributed by atoms with van der Waals surface area (Å²) < 4.78 is 11.9. The maximum atomic E-state index is 10.7. The molecule has 21 heavy (non-hydrogen) atoms. The summed E-state index contributed by atoms with van der Waals surface area (Å²) in [6, 6.07) is 9.22. The minimum atomic E-state index is -1.01. The topological polar surface area (TPSA) is 55.8 Å². The van der Waals surface area contributed by atoms with Gasteiger partial charge < -0.3 is 14.6 Å². The van der Waals surface area contributed by atoms with Crippen LogP contribution in [0.4, 0.5) is 0 Å². The summed E-state index contributed by atoms with van der Waals surface area (Å²) in [7, 11) is 1.56. The van der Waals surface area contributed by atoms with Crippen LogP contribution in [0.2, 0.25) is 0 Å². The molecule has 0 amide bonds. The molecule has 2 rings (SSSR count). The third kappa shape index (κ3) is 4.61. The van der Waals surface area contributed by atoms with Crippen LogP contribution in [0.1, 0.15) is 10.4 Å². The molecule has 0 fully saturated rings. The van der Waals surface area contributed by atoms with Gasteiger partial charge in [0.1, 0.15) is 18.1 Å². The molecular weight excluding hydrogens is 356 g/mol. The summed E-state index contributed by atoms with van der Waals surface area (Å²) in [6.45, 7) is 0.427. The van der Waals surface area contributed by atoms with Gasteiger partial charge in [-0.1, -0.05) is 0 Å². The maximum Gasteiger partial charge on any atom is 0.328 e. The number of carbonyl (C=O) groups is 1. The van der Waals surface area contributed by atoms with E-state index in [1.807, 2.05) is 12.1 Å². The van der Waals surface area contributed by atoms with Crippen molar-refractivity contribution in [3.05, 3.63) is 50.6 Å². The maximum absolute atomic E-state index is 10.7. The predicted octanol–water partition coefficient (Wildman–Crippen LogP) is 4.20. The van der Waals surface area contributed by atoms with Crippen LogP contribution in [-0.2, 0) is 11.4 Å². The first-order valence-corrected chi connectivity index (χ1v) is 7.65. The van der Waals surface area contributed by atoms with Crippen molar-refractivity contribution < 1.29 is 19.4 Å². The van der Waals surface area contributed by atoms with Crippen molar-refractivity contribution >= 4 is 39.3 Å². The lowest BCUT2D eigenvalue weighted by molar-refractivity contribution is -0.131. The normalized spacial score (nSPS) is 10.8. The molecule has 0 aliphatic carbocycles. The van der Waals surface area contributed by atoms with Crippen LogP contribution >= 0.6 is 27.3 Å². The average Bonchev–Trinajstić information content (AvgIpc) is 2.88. The highest BCUT2D eigenvalue weighted by molar-refractivity contribution is 9.11. The van der Waals surface area contributed by atoms with Gasteiger partial charge in [0, 0.05) is 16.5 Å². The molecule has 1 aromatic carbocycles. The zero-order valence-electron chi connectivity index (χ0n) is 11.2. The first-order chi connectivity index (χ1) is 10.1. The molecule has 1 aromatic heterocycles. The van der Waals surface area contributed by atoms with Gasteiger partial charge in [-0.25, -0.2) is 4.79 Å². The number of benzene rings is 1. The molecule has 4 nitrogen and oxygen atoms in total. The number of aliphatic carboxylic acids is 1. The molecule has 0 spiro atoms. The molecule has 0 saturated carbocycles. The van der Waals surface area contributed by atoms with Crippen molar-refractivity contribution in [3.8, 4) is 11.5 Å². The van der Waals surface area contributed by atoms with Gasteiger partial charge in [-0.15, -0.1) is 11.3 Å². The quantitative estimate of drug-likeness (QED) is 0.776. The number of rotatable bonds is 6. The fraction of sp³-hybridized carbons (Fsp3) is 0.133. The first kappa shape index (κ1) is 15.6. The molecule has 0 unspecified atom stereocenters. The van der Waals surface area contributed by atoms with Crippen LogP contribution in [0.3, 0.4) is 0 Å². The second-order valence-corrected chi connectivity index (χ2v) is 6.62. The Balaban J connectivity index is 2.18. The van der Waals surface area contributed by atoms with Gasteiger partial charge in [0.15, 0.2) is 0 Å². The van der Waals surface area contributed by atoms with E-state index in [0.717, 1.165) is 14.7 Å². The molecule has 2 aromatic rings. The molecule has 0 radical (unpaired) electrons. The molecule has 0 bridgehead atoms. The van der Waals surface area contributed by atoms with Crippen LogP contribution < -0.4 is 9.47 Å². The van der Waals surface area contributed by atoms with E-state index in [0.29, 0.717) is 23.7 Å². The van der Waals surface area contributed by atoms with E-state index in [-0.39, 0.29) is 0 Å². The Morgan fingerprint density at radius 3 is 2.81 bits per heavy atom. The molecule has 1 N–H and O–H groups in total. The SMILES string of the molecule is COc1ccc(OCc2ccc(Br)s2)c(/C=C/C(=O)O)c1. The standard InChI is InChI=1S/C15H13BrO4S/c1-19-11-3-5-13(10(8-11)2-7-15(17)18)20-9-12-4-6-14(16)21-12/h2-8H,9H2,1H3,(H,17,18)/b7-2+. The summed E-state index contributed by atoms with van der Waals surface area (Å²) in [5.74, 6) is 0.245. The third-order valence-electron chi connectivity index (χ3n) is 2.62. The number of halogens is 1. The summed E-state index contributed by atoms with van der Waals surface area (Å²) in [5, 5.41) is 8.74. The molecule has 0 atom stereocenters. The van der Waals surface area contributed by atoms with Crippen molar-refractivity contribution in [2.24, 2.45) is 0 Å². The monoisotopic (exact) mass is 368 g/mol. The van der Waals surface area contributed by atoms with Gasteiger partial charge in [0.05, 0.1) is 10.9 Å². The largest absolute Gasteiger partial charge is 0.497 e. The zero-order chi connectivity index (χ0) is 15.2. The summed E-state index contributed by atoms with van der Waals surface area (Å²) in [4.78, 5) is 11.7. The van der Waals surface area contributed by atoms with Crippen molar-refractivity contribution in [2.75, 3.05) is 7.11 Å². The van der Waals surface area contributed by atoms with Gasteiger partial charge in [-0.05, 0) is 52.3 Å². The van der Waals surface area contributed by atoms with Gasteiger partial charge in [-0.3, -0.25) is 0 Å². The van der Waals surface area contributed by atoms with E-state index in [2.05, 4.69) is 15.9 Å². The van der Waals surface area contributed by atoms with E-state index >= 15 is 0 Å². The predicted molar refractivity (Wildman–Crippen MR) is 86.0 cm³/mol. The molecule has 0 aliphatic rings. The van der Waals surface area contributed by atoms with Crippen LogP contribution in [0.25, 0.3) is 6.08 Å². The second kappa shape index (κ2) is 7.28. The fourth-order valence-electron chi connectivity index (χ4n) is 1.65. The smallest absolute Gasteiger partial charge is 0.328 e. The van der Waals surface area contributed by atoms with Crippen LogP contribution in [0.5, 0.6) is 11.5 Å². The van der Waals surface area contributed by atoms with Gasteiger partial charge >= 0.3 is 5.97 Å². The van der Waals surface area contributed by atoms with Gasteiger partial charge in [0.25, 0.3) is 0 Å². The molecule has 0 saturated heterocycles. The summed E-state index contributed by atoms with van der Waals surface area (Å²) in [6.07, 6.45) is 2.56. The van der Waals surface area contributed by atoms with Gasteiger partial charge in [0.2, 0.25) is 0 Å². The van der Waals surface area contributed by atoms with Crippen LogP contribution in [-0.4, -0.2) is 18.2 Å². The molecule has 110 valence electrons. The van der Waals surface area contributed by atoms with Crippen molar-refractivity contribution in [1.29, 1.82) is 0 Å². The Hall–Kier alpha value is -1.79. The Kier molecular flexibility index (Phi) is 5.41. The Labute approximate surface area is 134 Å². The van der Waals surface area contributed by atoms with Crippen molar-refractivity contribution in [1.82, 2.24) is 0 Å². The second-order valence-electron chi connectivity index (χ2n) is 4.07. The number of carboxylic acid groups (broad SMARTS) is 1. The highest BCUT2D eigenvalue weighted by Crippen LogP contribution is 2.28. The van der Waals surface area contributed by atoms with Crippen molar-refractivity contribution in [3.63, 3.8) is 0 Å². The Morgan fingerprint density at radius 1 is 1.38 bits per heavy atom. The molecule has 0 aliphatic heterocycles. The summed E-state index contributed by atoms with van der Waals surface area (Å²) >= 11 is 5.00. The minimum absolute atomic E-state index is 0.427. The van der Waals surface area contributed by atoms with E-state index in [9.17, 15) is 4.79 Å². The summed E-state index contributed by atoms with van der Waals surface area (Å²) in [5.41, 5.74) is 0.660. The number of hydrogen-bond acceptors (Lipinski definition) is 4. The molecule has 6 heteroatoms. The van der Waals surface area contributed by atoms with Crippen molar-refractivity contribution in [2.45, 2.75) is 6.61 Å². The highest BCUT2D eigenvalue weighted by atomic mass is 79.9. The van der Waals surface area contributed by atoms with E-state index in [4.69, 9.17) is 14.6 Å². The Morgan fingerprint density at radius 2 is 2.19 bits per heavy atom. The fourth-order valence-corrected chi connectivity index (χ4v) is 3.05. The number of methoxy groups -OCH3 is 1. The van der Waals surface area contributed by atoms with Gasteiger partial charge in [-0.2, -0.15) is 0 Å². The lowest BCUT2D eigenvalue weighted by Gasteiger charge is -2.10. The zero-order valence-corrected chi connectivity index (χ0v) is 13.6. The first-order valence-electron chi connectivity index (χ1n) is 6.04. The average molecular weight is 369 g/mol. The van der Waals surface area contributed by atoms with E-state index in [1.54, 1.807) is 36.6 Å². The van der Waals surface area contributed by atoms with Crippen LogP contribution in [0.15, 0.2) is 40.2 Å². The lowest BCUT2D eigenvalue weighted by atomic mass is 10.1. The number of hydrogen-bond donors (Lipinski definition) is 1. The van der Waals surface area contributed by atoms with Crippen LogP contribution in [0, 0.1) is 0 Å². The molecule has 1 heterocycles. The third-order valence-corrected chi connectivity index (χ3v) is 4.22. The molecular formula is C15H13BrO4S. The van der Waals surface area contributed by atoms with E-state index < -0.39 is 5.97 Å².